The first-order valence-electron chi connectivity index (χ1n) is 8.09. The molecule has 130 valence electrons. The summed E-state index contributed by atoms with van der Waals surface area (Å²) in [5, 5.41) is 3.51. The summed E-state index contributed by atoms with van der Waals surface area (Å²) in [6.07, 6.45) is 0.772. The summed E-state index contributed by atoms with van der Waals surface area (Å²) in [6.45, 7) is 2.03. The van der Waals surface area contributed by atoms with Crippen LogP contribution in [0.15, 0.2) is 48.5 Å². The predicted molar refractivity (Wildman–Crippen MR) is 103 cm³/mol. The number of fused-ring (bicyclic) bond motifs is 1. The second-order valence-corrected chi connectivity index (χ2v) is 6.96. The van der Waals surface area contributed by atoms with Crippen LogP contribution in [0.3, 0.4) is 0 Å². The number of para-hydroxylation sites is 1. The molecule has 25 heavy (non-hydrogen) atoms. The summed E-state index contributed by atoms with van der Waals surface area (Å²) in [5.41, 5.74) is 2.06. The van der Waals surface area contributed by atoms with Gasteiger partial charge in [0.2, 0.25) is 0 Å². The summed E-state index contributed by atoms with van der Waals surface area (Å²) in [4.78, 5) is 18.6. The van der Waals surface area contributed by atoms with Gasteiger partial charge < -0.3 is 9.64 Å². The molecule has 1 heterocycles. The van der Waals surface area contributed by atoms with Gasteiger partial charge in [-0.05, 0) is 43.2 Å². The molecule has 0 saturated heterocycles. The second-order valence-electron chi connectivity index (χ2n) is 5.93. The molecule has 1 N–H and O–H groups in total. The highest BCUT2D eigenvalue weighted by Gasteiger charge is 2.17. The first-order valence-corrected chi connectivity index (χ1v) is 8.91. The van der Waals surface area contributed by atoms with Crippen LogP contribution in [0.5, 0.6) is 5.75 Å². The Morgan fingerprint density at radius 2 is 1.96 bits per heavy atom. The van der Waals surface area contributed by atoms with Crippen LogP contribution in [0.25, 0.3) is 10.2 Å². The molecule has 5 nitrogen and oxygen atoms in total. The van der Waals surface area contributed by atoms with Crippen LogP contribution in [0.4, 0.5) is 9.93 Å². The lowest BCUT2D eigenvalue weighted by molar-refractivity contribution is 0.207. The number of nitrogens with zero attached hydrogens (tertiary/aromatic N) is 2. The van der Waals surface area contributed by atoms with Crippen LogP contribution >= 0.6 is 11.3 Å². The van der Waals surface area contributed by atoms with Crippen molar-refractivity contribution >= 4 is 32.7 Å². The van der Waals surface area contributed by atoms with Crippen molar-refractivity contribution in [3.63, 3.8) is 0 Å². The number of ether oxygens (including phenoxy) is 1. The van der Waals surface area contributed by atoms with E-state index in [0.29, 0.717) is 5.13 Å². The van der Waals surface area contributed by atoms with E-state index in [2.05, 4.69) is 10.3 Å². The SMILES string of the molecule is COc1ccc(CC(C)N(C)C(=O)Nc2nc3ccccc3s2)cc1. The zero-order valence-corrected chi connectivity index (χ0v) is 15.3. The zero-order chi connectivity index (χ0) is 17.8. The van der Waals surface area contributed by atoms with E-state index in [1.54, 1.807) is 19.1 Å². The number of hydrogen-bond donors (Lipinski definition) is 1. The number of methoxy groups -OCH3 is 1. The van der Waals surface area contributed by atoms with E-state index in [1.165, 1.54) is 11.3 Å². The van der Waals surface area contributed by atoms with Gasteiger partial charge in [0.15, 0.2) is 5.13 Å². The molecule has 0 fully saturated rings. The smallest absolute Gasteiger partial charge is 0.323 e. The van der Waals surface area contributed by atoms with Crippen LogP contribution in [0.2, 0.25) is 0 Å². The summed E-state index contributed by atoms with van der Waals surface area (Å²) in [5.74, 6) is 0.832. The fraction of sp³-hybridized carbons (Fsp3) is 0.263. The lowest BCUT2D eigenvalue weighted by Crippen LogP contribution is -2.39. The Balaban J connectivity index is 1.62. The summed E-state index contributed by atoms with van der Waals surface area (Å²) < 4.78 is 6.23. The van der Waals surface area contributed by atoms with Gasteiger partial charge in [-0.25, -0.2) is 9.78 Å². The number of carbonyl (C=O) groups excluding carboxylic acids is 1. The standard InChI is InChI=1S/C19H21N3O2S/c1-13(12-14-8-10-15(24-3)11-9-14)22(2)19(23)21-18-20-16-6-4-5-7-17(16)25-18/h4-11,13H,12H2,1-3H3,(H,20,21,23). The van der Waals surface area contributed by atoms with Crippen molar-refractivity contribution in [2.45, 2.75) is 19.4 Å². The maximum Gasteiger partial charge on any atom is 0.323 e. The third-order valence-electron chi connectivity index (χ3n) is 4.18. The lowest BCUT2D eigenvalue weighted by Gasteiger charge is -2.24. The third-order valence-corrected chi connectivity index (χ3v) is 5.13. The fourth-order valence-electron chi connectivity index (χ4n) is 2.55. The van der Waals surface area contributed by atoms with Crippen molar-refractivity contribution in [3.05, 3.63) is 54.1 Å². The number of thiazole rings is 1. The van der Waals surface area contributed by atoms with Gasteiger partial charge in [0.25, 0.3) is 0 Å². The topological polar surface area (TPSA) is 54.5 Å². The van der Waals surface area contributed by atoms with E-state index in [9.17, 15) is 4.79 Å². The van der Waals surface area contributed by atoms with E-state index in [1.807, 2.05) is 55.5 Å². The largest absolute Gasteiger partial charge is 0.497 e. The number of urea groups is 1. The normalized spacial score (nSPS) is 12.0. The molecule has 0 saturated carbocycles. The Morgan fingerprint density at radius 3 is 2.64 bits per heavy atom. The van der Waals surface area contributed by atoms with Crippen molar-refractivity contribution in [1.29, 1.82) is 0 Å². The number of likely N-dealkylation sites (N-methyl/N-ethyl adjacent to an activating group) is 1. The minimum atomic E-state index is -0.153. The third kappa shape index (κ3) is 4.09. The quantitative estimate of drug-likeness (QED) is 0.738. The average molecular weight is 355 g/mol. The first kappa shape index (κ1) is 17.2. The van der Waals surface area contributed by atoms with Crippen LogP contribution in [-0.4, -0.2) is 36.1 Å². The summed E-state index contributed by atoms with van der Waals surface area (Å²) in [7, 11) is 3.45. The van der Waals surface area contributed by atoms with Crippen molar-refractivity contribution < 1.29 is 9.53 Å². The van der Waals surface area contributed by atoms with Gasteiger partial charge in [0, 0.05) is 13.1 Å². The van der Waals surface area contributed by atoms with Crippen molar-refractivity contribution in [3.8, 4) is 5.75 Å². The lowest BCUT2D eigenvalue weighted by atomic mass is 10.1. The molecule has 3 rings (SSSR count). The van der Waals surface area contributed by atoms with Gasteiger partial charge in [0.05, 0.1) is 17.3 Å². The molecule has 1 aromatic heterocycles. The van der Waals surface area contributed by atoms with E-state index in [0.717, 1.165) is 28.0 Å². The zero-order valence-electron chi connectivity index (χ0n) is 14.5. The Labute approximate surface area is 151 Å². The molecule has 1 atom stereocenters. The van der Waals surface area contributed by atoms with Gasteiger partial charge in [-0.3, -0.25) is 5.32 Å². The molecule has 0 aliphatic carbocycles. The number of nitrogens with one attached hydrogen (secondary N) is 1. The molecule has 0 bridgehead atoms. The van der Waals surface area contributed by atoms with E-state index >= 15 is 0 Å². The minimum absolute atomic E-state index is 0.0581. The van der Waals surface area contributed by atoms with Crippen LogP contribution in [0.1, 0.15) is 12.5 Å². The fourth-order valence-corrected chi connectivity index (χ4v) is 3.40. The Kier molecular flexibility index (Phi) is 5.19. The molecule has 6 heteroatoms. The summed E-state index contributed by atoms with van der Waals surface area (Å²) >= 11 is 1.48. The van der Waals surface area contributed by atoms with E-state index in [4.69, 9.17) is 4.74 Å². The minimum Gasteiger partial charge on any atom is -0.497 e. The molecule has 0 aliphatic rings. The van der Waals surface area contributed by atoms with Gasteiger partial charge in [-0.1, -0.05) is 35.6 Å². The molecule has 0 radical (unpaired) electrons. The average Bonchev–Trinajstić information content (AvgIpc) is 3.03. The molecular weight excluding hydrogens is 334 g/mol. The second kappa shape index (κ2) is 7.53. The Hall–Kier alpha value is -2.60. The molecule has 0 aliphatic heterocycles. The van der Waals surface area contributed by atoms with Crippen LogP contribution in [0, 0.1) is 0 Å². The Bertz CT molecular complexity index is 827. The number of amides is 2. The van der Waals surface area contributed by atoms with Crippen molar-refractivity contribution in [1.82, 2.24) is 9.88 Å². The van der Waals surface area contributed by atoms with Crippen LogP contribution in [-0.2, 0) is 6.42 Å². The highest BCUT2D eigenvalue weighted by Crippen LogP contribution is 2.25. The maximum atomic E-state index is 12.5. The van der Waals surface area contributed by atoms with Gasteiger partial charge in [0.1, 0.15) is 5.75 Å². The number of anilines is 1. The van der Waals surface area contributed by atoms with E-state index < -0.39 is 0 Å². The Morgan fingerprint density at radius 1 is 1.24 bits per heavy atom. The number of carbonyl (C=O) groups is 1. The molecule has 2 aromatic carbocycles. The molecule has 3 aromatic rings. The monoisotopic (exact) mass is 355 g/mol. The number of aromatic nitrogens is 1. The molecule has 2 amide bonds. The molecular formula is C19H21N3O2S. The van der Waals surface area contributed by atoms with Crippen LogP contribution < -0.4 is 10.1 Å². The maximum absolute atomic E-state index is 12.5. The van der Waals surface area contributed by atoms with Crippen molar-refractivity contribution in [2.75, 3.05) is 19.5 Å². The van der Waals surface area contributed by atoms with Crippen molar-refractivity contribution in [2.24, 2.45) is 0 Å². The first-order chi connectivity index (χ1) is 12.1. The summed E-state index contributed by atoms with van der Waals surface area (Å²) in [6, 6.07) is 15.7. The molecule has 1 unspecified atom stereocenters. The van der Waals surface area contributed by atoms with Gasteiger partial charge in [-0.15, -0.1) is 0 Å². The number of rotatable bonds is 5. The van der Waals surface area contributed by atoms with Gasteiger partial charge in [-0.2, -0.15) is 0 Å². The van der Waals surface area contributed by atoms with E-state index in [-0.39, 0.29) is 12.1 Å². The molecule has 0 spiro atoms. The number of benzene rings is 2. The predicted octanol–water partition coefficient (Wildman–Crippen LogP) is 4.40. The van der Waals surface area contributed by atoms with Gasteiger partial charge >= 0.3 is 6.03 Å². The number of hydrogen-bond acceptors (Lipinski definition) is 4. The highest BCUT2D eigenvalue weighted by atomic mass is 32.1. The highest BCUT2D eigenvalue weighted by molar-refractivity contribution is 7.22.